The van der Waals surface area contributed by atoms with Gasteiger partial charge in [0.05, 0.1) is 34.0 Å². The predicted octanol–water partition coefficient (Wildman–Crippen LogP) is 5.28. The van der Waals surface area contributed by atoms with E-state index in [-0.39, 0.29) is 64.8 Å². The highest BCUT2D eigenvalue weighted by Gasteiger charge is 2.39. The number of aryl methyl sites for hydroxylation is 1. The summed E-state index contributed by atoms with van der Waals surface area (Å²) in [6.07, 6.45) is -10.0. The van der Waals surface area contributed by atoms with Crippen LogP contribution in [0.4, 0.5) is 26.3 Å². The molecule has 1 fully saturated rings. The van der Waals surface area contributed by atoms with Gasteiger partial charge in [-0.2, -0.15) is 26.3 Å². The molecule has 8 nitrogen and oxygen atoms in total. The maximum Gasteiger partial charge on any atom is 0.416 e. The van der Waals surface area contributed by atoms with E-state index in [0.29, 0.717) is 22.7 Å². The molecule has 3 heterocycles. The summed E-state index contributed by atoms with van der Waals surface area (Å²) >= 11 is 6.33. The van der Waals surface area contributed by atoms with Gasteiger partial charge < -0.3 is 9.42 Å². The van der Waals surface area contributed by atoms with Crippen LogP contribution in [0.15, 0.2) is 58.5 Å². The lowest BCUT2D eigenvalue weighted by atomic mass is 10.0. The van der Waals surface area contributed by atoms with Gasteiger partial charge in [-0.05, 0) is 42.8 Å². The fourth-order valence-electron chi connectivity index (χ4n) is 4.70. The van der Waals surface area contributed by atoms with E-state index < -0.39 is 46.6 Å². The molecule has 42 heavy (non-hydrogen) atoms. The van der Waals surface area contributed by atoms with Crippen molar-refractivity contribution < 1.29 is 39.9 Å². The van der Waals surface area contributed by atoms with Gasteiger partial charge in [0.25, 0.3) is 0 Å². The van der Waals surface area contributed by atoms with Crippen molar-refractivity contribution in [2.24, 2.45) is 0 Å². The van der Waals surface area contributed by atoms with E-state index in [2.05, 4.69) is 16.1 Å². The molecule has 2 aliphatic rings. The van der Waals surface area contributed by atoms with Crippen molar-refractivity contribution in [1.82, 2.24) is 26.0 Å². The molecule has 1 saturated heterocycles. The summed E-state index contributed by atoms with van der Waals surface area (Å²) in [6, 6.07) is 7.91. The van der Waals surface area contributed by atoms with E-state index in [0.717, 1.165) is 0 Å². The first-order chi connectivity index (χ1) is 19.7. The Balaban J connectivity index is 1.58. The summed E-state index contributed by atoms with van der Waals surface area (Å²) in [7, 11) is -1.12. The molecule has 0 spiro atoms. The lowest BCUT2D eigenvalue weighted by Crippen LogP contribution is -2.45. The van der Waals surface area contributed by atoms with Gasteiger partial charge in [0, 0.05) is 41.0 Å². The average molecular weight is 634 g/mol. The highest BCUT2D eigenvalue weighted by molar-refractivity contribution is 7.85. The number of halogens is 7. The quantitative estimate of drug-likeness (QED) is 0.280. The number of hydrogen-bond donors (Lipinski definition) is 2. The third-order valence-corrected chi connectivity index (χ3v) is 8.30. The summed E-state index contributed by atoms with van der Waals surface area (Å²) < 4.78 is 98.5. The van der Waals surface area contributed by atoms with E-state index in [1.165, 1.54) is 5.01 Å². The molecule has 0 bridgehead atoms. The number of hydrogen-bond acceptors (Lipinski definition) is 8. The molecular formula is C26H22ClF6N5O3S. The third kappa shape index (κ3) is 5.99. The van der Waals surface area contributed by atoms with E-state index in [9.17, 15) is 35.3 Å². The molecule has 224 valence electrons. The number of alkyl halides is 6. The molecule has 5 rings (SSSR count). The van der Waals surface area contributed by atoms with Crippen LogP contribution in [0.5, 0.6) is 0 Å². The van der Waals surface area contributed by atoms with Gasteiger partial charge in [0.1, 0.15) is 11.5 Å². The van der Waals surface area contributed by atoms with Gasteiger partial charge in [0.15, 0.2) is 5.76 Å². The zero-order chi connectivity index (χ0) is 30.4. The smallest absolute Gasteiger partial charge is 0.355 e. The van der Waals surface area contributed by atoms with Crippen LogP contribution in [0.3, 0.4) is 0 Å². The van der Waals surface area contributed by atoms with E-state index in [4.69, 9.17) is 16.1 Å². The number of Topliss-reactive ketones (excluding diaryl/α,β-unsaturated/α-hetero) is 1. The van der Waals surface area contributed by atoms with E-state index in [1.54, 1.807) is 36.1 Å². The maximum atomic E-state index is 14.0. The van der Waals surface area contributed by atoms with E-state index in [1.807, 2.05) is 0 Å². The Morgan fingerprint density at radius 2 is 1.67 bits per heavy atom. The van der Waals surface area contributed by atoms with Crippen LogP contribution in [0.25, 0.3) is 11.3 Å². The van der Waals surface area contributed by atoms with Crippen molar-refractivity contribution in [3.63, 3.8) is 0 Å². The minimum Gasteiger partial charge on any atom is -0.355 e. The first-order valence-corrected chi connectivity index (χ1v) is 14.3. The summed E-state index contributed by atoms with van der Waals surface area (Å²) in [6.45, 7) is 1.50. The second-order valence-corrected chi connectivity index (χ2v) is 11.7. The van der Waals surface area contributed by atoms with Gasteiger partial charge in [-0.25, -0.2) is 0 Å². The summed E-state index contributed by atoms with van der Waals surface area (Å²) in [4.78, 5) is 15.7. The number of allylic oxidation sites excluding steroid dienone is 1. The number of nitrogens with zero attached hydrogens (tertiary/aromatic N) is 3. The molecule has 0 saturated carbocycles. The largest absolute Gasteiger partial charge is 0.416 e. The third-order valence-electron chi connectivity index (χ3n) is 6.70. The number of carbonyl (C=O) groups is 1. The van der Waals surface area contributed by atoms with Gasteiger partial charge >= 0.3 is 12.4 Å². The number of nitrogens with one attached hydrogen (secondary N) is 2. The molecule has 0 unspecified atom stereocenters. The highest BCUT2D eigenvalue weighted by Crippen LogP contribution is 2.38. The molecule has 0 amide bonds. The Labute approximate surface area is 242 Å². The molecule has 1 aromatic heterocycles. The molecular weight excluding hydrogens is 612 g/mol. The molecule has 3 aromatic rings. The fraction of sp³-hybridized carbons (Fsp3) is 0.308. The van der Waals surface area contributed by atoms with Crippen molar-refractivity contribution in [3.05, 3.63) is 87.0 Å². The Hall–Kier alpha value is -3.56. The van der Waals surface area contributed by atoms with Crippen LogP contribution >= 0.6 is 11.6 Å². The summed E-state index contributed by atoms with van der Waals surface area (Å²) in [5.74, 6) is 0.131. The number of ketones is 1. The average Bonchev–Trinajstić information content (AvgIpc) is 3.51. The second kappa shape index (κ2) is 11.3. The van der Waals surface area contributed by atoms with E-state index >= 15 is 0 Å². The van der Waals surface area contributed by atoms with Crippen LogP contribution in [0.2, 0.25) is 5.02 Å². The Morgan fingerprint density at radius 1 is 1.05 bits per heavy atom. The van der Waals surface area contributed by atoms with Gasteiger partial charge in [0.2, 0.25) is 5.78 Å². The first-order valence-electron chi connectivity index (χ1n) is 12.4. The van der Waals surface area contributed by atoms with Crippen LogP contribution in [0.1, 0.15) is 32.7 Å². The predicted molar refractivity (Wildman–Crippen MR) is 141 cm³/mol. The molecule has 0 aliphatic carbocycles. The Kier molecular flexibility index (Phi) is 8.02. The molecule has 2 aromatic carbocycles. The van der Waals surface area contributed by atoms with Crippen molar-refractivity contribution in [2.45, 2.75) is 25.8 Å². The first kappa shape index (κ1) is 29.9. The monoisotopic (exact) mass is 633 g/mol. The number of rotatable bonds is 6. The standard InChI is InChI=1S/C26H22ClF6N5O3S/c1-14-20(23(41-35-14)18-4-2-3-5-19(18)27)22(39)21-24(37-6-8-42(40)9-7-37)38(36-34-21)13-15-10-16(25(28,29)30)12-17(11-15)26(31,32)33/h2-5,10-12,34,36H,6-9,13H2,1H3. The molecule has 0 atom stereocenters. The zero-order valence-corrected chi connectivity index (χ0v) is 23.3. The van der Waals surface area contributed by atoms with Crippen molar-refractivity contribution in [3.8, 4) is 11.3 Å². The lowest BCUT2D eigenvalue weighted by Gasteiger charge is -2.34. The number of benzene rings is 2. The molecule has 0 radical (unpaired) electrons. The van der Waals surface area contributed by atoms with Crippen LogP contribution in [-0.2, 0) is 29.7 Å². The summed E-state index contributed by atoms with van der Waals surface area (Å²) in [5.41, 5.74) is 2.83. The van der Waals surface area contributed by atoms with Crippen molar-refractivity contribution in [1.29, 1.82) is 0 Å². The van der Waals surface area contributed by atoms with Crippen molar-refractivity contribution >= 4 is 28.2 Å². The van der Waals surface area contributed by atoms with Crippen LogP contribution < -0.4 is 11.0 Å². The number of hydrazine groups is 2. The van der Waals surface area contributed by atoms with Gasteiger partial charge in [-0.3, -0.25) is 19.4 Å². The summed E-state index contributed by atoms with van der Waals surface area (Å²) in [5, 5.41) is 5.46. The topological polar surface area (TPSA) is 90.7 Å². The van der Waals surface area contributed by atoms with Crippen LogP contribution in [-0.4, -0.2) is 49.7 Å². The maximum absolute atomic E-state index is 14.0. The minimum atomic E-state index is -5.02. The Morgan fingerprint density at radius 3 is 2.26 bits per heavy atom. The lowest BCUT2D eigenvalue weighted by molar-refractivity contribution is -0.143. The van der Waals surface area contributed by atoms with Crippen molar-refractivity contribution in [2.75, 3.05) is 24.6 Å². The number of carbonyl (C=O) groups excluding carboxylic acids is 1. The molecule has 16 heteroatoms. The molecule has 2 N–H and O–H groups in total. The van der Waals surface area contributed by atoms with Gasteiger partial charge in [-0.1, -0.05) is 28.9 Å². The fourth-order valence-corrected chi connectivity index (χ4v) is 5.98. The Bertz CT molecular complexity index is 1550. The second-order valence-electron chi connectivity index (χ2n) is 9.55. The SMILES string of the molecule is Cc1noc(-c2ccccc2Cl)c1C(=O)C1=C(N2CCS(=O)CC2)N(Cc2cc(C(F)(F)F)cc(C(F)(F)F)c2)NN1. The van der Waals surface area contributed by atoms with Crippen LogP contribution in [0, 0.1) is 6.92 Å². The normalized spacial score (nSPS) is 16.8. The minimum absolute atomic E-state index is 0.0506. The van der Waals surface area contributed by atoms with Gasteiger partial charge in [-0.15, -0.1) is 5.53 Å². The zero-order valence-electron chi connectivity index (χ0n) is 21.7. The highest BCUT2D eigenvalue weighted by atomic mass is 35.5. The molecule has 2 aliphatic heterocycles. The number of aromatic nitrogens is 1.